The van der Waals surface area contributed by atoms with Gasteiger partial charge in [0.1, 0.15) is 0 Å². The van der Waals surface area contributed by atoms with Gasteiger partial charge in [-0.25, -0.2) is 8.42 Å². The van der Waals surface area contributed by atoms with Gasteiger partial charge in [-0.05, 0) is 18.6 Å². The van der Waals surface area contributed by atoms with E-state index in [0.29, 0.717) is 40.2 Å². The molecule has 0 fully saturated rings. The first-order valence-electron chi connectivity index (χ1n) is 6.30. The van der Waals surface area contributed by atoms with Gasteiger partial charge in [0.05, 0.1) is 11.5 Å². The van der Waals surface area contributed by atoms with Gasteiger partial charge in [-0.15, -0.1) is 10.2 Å². The molecule has 0 N–H and O–H groups in total. The molecule has 0 bridgehead atoms. The van der Waals surface area contributed by atoms with E-state index in [1.165, 1.54) is 0 Å². The number of nitrogens with zero attached hydrogens (tertiary/aromatic N) is 2. The lowest BCUT2D eigenvalue weighted by molar-refractivity contribution is 0.465. The lowest BCUT2D eigenvalue weighted by atomic mass is 10.2. The predicted molar refractivity (Wildman–Crippen MR) is 81.3 cm³/mol. The molecule has 0 amide bonds. The van der Waals surface area contributed by atoms with Crippen molar-refractivity contribution in [1.82, 2.24) is 10.2 Å². The minimum atomic E-state index is -3.30. The number of sulfone groups is 1. The van der Waals surface area contributed by atoms with Crippen molar-refractivity contribution >= 4 is 33.0 Å². The fourth-order valence-corrected chi connectivity index (χ4v) is 4.01. The highest BCUT2D eigenvalue weighted by molar-refractivity contribution is 7.90. The van der Waals surface area contributed by atoms with E-state index < -0.39 is 9.84 Å². The summed E-state index contributed by atoms with van der Waals surface area (Å²) in [5, 5.41) is 8.24. The summed E-state index contributed by atoms with van der Waals surface area (Å²) in [6.45, 7) is 1.69. The second-order valence-corrected chi connectivity index (χ2v) is 7.61. The summed E-state index contributed by atoms with van der Waals surface area (Å²) in [5.74, 6) is 0.749. The molecule has 0 unspecified atom stereocenters. The van der Waals surface area contributed by atoms with Gasteiger partial charge in [0.15, 0.2) is 9.84 Å². The minimum absolute atomic E-state index is 0.00990. The van der Waals surface area contributed by atoms with Crippen LogP contribution in [0.3, 0.4) is 0 Å². The number of aromatic nitrogens is 2. The van der Waals surface area contributed by atoms with E-state index in [9.17, 15) is 8.42 Å². The van der Waals surface area contributed by atoms with Gasteiger partial charge in [-0.1, -0.05) is 29.3 Å². The largest absolute Gasteiger partial charge is 0.426 e. The summed E-state index contributed by atoms with van der Waals surface area (Å²) < 4.78 is 29.4. The molecule has 1 aromatic heterocycles. The Balaban J connectivity index is 1.96. The summed E-state index contributed by atoms with van der Waals surface area (Å²) in [5.41, 5.74) is 0.439. The summed E-state index contributed by atoms with van der Waals surface area (Å²) in [7, 11) is -3.30. The summed E-state index contributed by atoms with van der Waals surface area (Å²) in [4.78, 5) is 0. The molecule has 0 spiro atoms. The number of hydrogen-bond donors (Lipinski definition) is 0. The lowest BCUT2D eigenvalue weighted by Crippen LogP contribution is -2.11. The van der Waals surface area contributed by atoms with Crippen LogP contribution in [0.2, 0.25) is 10.0 Å². The number of halogens is 2. The maximum atomic E-state index is 12.1. The van der Waals surface area contributed by atoms with Gasteiger partial charge in [0.25, 0.3) is 0 Å². The highest BCUT2D eigenvalue weighted by Crippen LogP contribution is 2.26. The van der Waals surface area contributed by atoms with Crippen molar-refractivity contribution in [2.24, 2.45) is 0 Å². The molecule has 0 saturated carbocycles. The second-order valence-electron chi connectivity index (χ2n) is 4.61. The molecule has 5 nitrogen and oxygen atoms in total. The monoisotopic (exact) mass is 348 g/mol. The van der Waals surface area contributed by atoms with Crippen LogP contribution in [0.25, 0.3) is 0 Å². The molecule has 0 aliphatic rings. The number of rotatable bonds is 6. The van der Waals surface area contributed by atoms with Gasteiger partial charge in [0.2, 0.25) is 11.8 Å². The Hall–Kier alpha value is -1.11. The third-order valence-corrected chi connectivity index (χ3v) is 5.19. The maximum absolute atomic E-state index is 12.1. The average molecular weight is 349 g/mol. The van der Waals surface area contributed by atoms with Crippen LogP contribution < -0.4 is 0 Å². The minimum Gasteiger partial charge on any atom is -0.426 e. The van der Waals surface area contributed by atoms with Crippen LogP contribution in [0.15, 0.2) is 22.6 Å². The first-order chi connectivity index (χ1) is 9.87. The van der Waals surface area contributed by atoms with Crippen LogP contribution in [0.4, 0.5) is 0 Å². The molecular formula is C13H14Cl2N2O3S. The van der Waals surface area contributed by atoms with Crippen molar-refractivity contribution < 1.29 is 12.8 Å². The fraction of sp³-hybridized carbons (Fsp3) is 0.385. The SMILES string of the molecule is Cc1nnc(CCCS(=O)(=O)Cc2c(Cl)cccc2Cl)o1. The Morgan fingerprint density at radius 3 is 2.43 bits per heavy atom. The van der Waals surface area contributed by atoms with E-state index in [4.69, 9.17) is 27.6 Å². The van der Waals surface area contributed by atoms with Crippen LogP contribution in [0.5, 0.6) is 0 Å². The zero-order valence-electron chi connectivity index (χ0n) is 11.3. The Morgan fingerprint density at radius 2 is 1.86 bits per heavy atom. The number of aryl methyl sites for hydroxylation is 2. The molecule has 2 aromatic rings. The fourth-order valence-electron chi connectivity index (χ4n) is 1.84. The van der Waals surface area contributed by atoms with E-state index in [1.54, 1.807) is 25.1 Å². The highest BCUT2D eigenvalue weighted by Gasteiger charge is 2.17. The quantitative estimate of drug-likeness (QED) is 0.801. The molecular weight excluding hydrogens is 335 g/mol. The van der Waals surface area contributed by atoms with Crippen LogP contribution in [-0.4, -0.2) is 24.4 Å². The zero-order chi connectivity index (χ0) is 15.5. The van der Waals surface area contributed by atoms with Crippen molar-refractivity contribution in [2.45, 2.75) is 25.5 Å². The number of hydrogen-bond acceptors (Lipinski definition) is 5. The molecule has 21 heavy (non-hydrogen) atoms. The van der Waals surface area contributed by atoms with Gasteiger partial charge in [0, 0.05) is 29.0 Å². The standard InChI is InChI=1S/C13H14Cl2N2O3S/c1-9-16-17-13(20-9)6-3-7-21(18,19)8-10-11(14)4-2-5-12(10)15/h2,4-5H,3,6-8H2,1H3. The smallest absolute Gasteiger partial charge is 0.216 e. The van der Waals surface area contributed by atoms with Crippen LogP contribution in [-0.2, 0) is 22.0 Å². The predicted octanol–water partition coefficient (Wildman–Crippen LogP) is 3.23. The molecule has 0 saturated heterocycles. The van der Waals surface area contributed by atoms with E-state index >= 15 is 0 Å². The van der Waals surface area contributed by atoms with Gasteiger partial charge >= 0.3 is 0 Å². The molecule has 8 heteroatoms. The highest BCUT2D eigenvalue weighted by atomic mass is 35.5. The van der Waals surface area contributed by atoms with Crippen molar-refractivity contribution in [2.75, 3.05) is 5.75 Å². The molecule has 0 radical (unpaired) electrons. The topological polar surface area (TPSA) is 73.1 Å². The third kappa shape index (κ3) is 4.69. The second kappa shape index (κ2) is 6.77. The normalized spacial score (nSPS) is 11.8. The van der Waals surface area contributed by atoms with Crippen LogP contribution >= 0.6 is 23.2 Å². The first kappa shape index (κ1) is 16.3. The van der Waals surface area contributed by atoms with E-state index in [1.807, 2.05) is 0 Å². The van der Waals surface area contributed by atoms with Gasteiger partial charge in [-0.2, -0.15) is 0 Å². The van der Waals surface area contributed by atoms with E-state index in [-0.39, 0.29) is 11.5 Å². The average Bonchev–Trinajstić information content (AvgIpc) is 2.80. The van der Waals surface area contributed by atoms with Crippen molar-refractivity contribution in [3.63, 3.8) is 0 Å². The van der Waals surface area contributed by atoms with Gasteiger partial charge < -0.3 is 4.42 Å². The van der Waals surface area contributed by atoms with E-state index in [2.05, 4.69) is 10.2 Å². The van der Waals surface area contributed by atoms with E-state index in [0.717, 1.165) is 0 Å². The molecule has 2 rings (SSSR count). The molecule has 114 valence electrons. The molecule has 1 aromatic carbocycles. The van der Waals surface area contributed by atoms with Crippen LogP contribution in [0, 0.1) is 6.92 Å². The Kier molecular flexibility index (Phi) is 5.24. The molecule has 0 aliphatic carbocycles. The Labute approximate surface area is 133 Å². The third-order valence-electron chi connectivity index (χ3n) is 2.84. The zero-order valence-corrected chi connectivity index (χ0v) is 13.7. The molecule has 1 heterocycles. The maximum Gasteiger partial charge on any atom is 0.216 e. The first-order valence-corrected chi connectivity index (χ1v) is 8.87. The van der Waals surface area contributed by atoms with Gasteiger partial charge in [-0.3, -0.25) is 0 Å². The summed E-state index contributed by atoms with van der Waals surface area (Å²) >= 11 is 12.0. The van der Waals surface area contributed by atoms with Crippen LogP contribution in [0.1, 0.15) is 23.8 Å². The molecule has 0 aliphatic heterocycles. The lowest BCUT2D eigenvalue weighted by Gasteiger charge is -2.07. The number of benzene rings is 1. The molecule has 0 atom stereocenters. The van der Waals surface area contributed by atoms with Crippen molar-refractivity contribution in [3.05, 3.63) is 45.6 Å². The Morgan fingerprint density at radius 1 is 1.19 bits per heavy atom. The summed E-state index contributed by atoms with van der Waals surface area (Å²) in [6.07, 6.45) is 0.836. The Bertz CT molecular complexity index is 709. The van der Waals surface area contributed by atoms with Crippen molar-refractivity contribution in [3.8, 4) is 0 Å². The summed E-state index contributed by atoms with van der Waals surface area (Å²) in [6, 6.07) is 4.93. The van der Waals surface area contributed by atoms with Crippen molar-refractivity contribution in [1.29, 1.82) is 0 Å².